The largest absolute Gasteiger partial charge is 0.507 e. The Morgan fingerprint density at radius 1 is 1.14 bits per heavy atom. The van der Waals surface area contributed by atoms with Gasteiger partial charge in [0.15, 0.2) is 0 Å². The van der Waals surface area contributed by atoms with Gasteiger partial charge in [-0.1, -0.05) is 17.7 Å². The first-order chi connectivity index (χ1) is 10.5. The third-order valence-corrected chi connectivity index (χ3v) is 2.95. The van der Waals surface area contributed by atoms with Crippen molar-refractivity contribution in [3.8, 4) is 0 Å². The van der Waals surface area contributed by atoms with Crippen molar-refractivity contribution in [2.45, 2.75) is 0 Å². The van der Waals surface area contributed by atoms with Gasteiger partial charge >= 0.3 is 0 Å². The van der Waals surface area contributed by atoms with E-state index in [4.69, 9.17) is 11.6 Å². The summed E-state index contributed by atoms with van der Waals surface area (Å²) in [6, 6.07) is 11.2. The molecule has 0 unspecified atom stereocenters. The van der Waals surface area contributed by atoms with E-state index in [9.17, 15) is 19.1 Å². The number of ketones is 1. The highest BCUT2D eigenvalue weighted by Gasteiger charge is 2.13. The molecule has 0 aromatic heterocycles. The number of hydrogen-bond donors (Lipinski definition) is 2. The molecular weight excluding hydrogens is 309 g/mol. The Morgan fingerprint density at radius 3 is 2.45 bits per heavy atom. The minimum atomic E-state index is -0.943. The van der Waals surface area contributed by atoms with Crippen LogP contribution in [0.2, 0.25) is 5.02 Å². The van der Waals surface area contributed by atoms with Crippen LogP contribution in [-0.4, -0.2) is 16.8 Å². The van der Waals surface area contributed by atoms with Crippen molar-refractivity contribution >= 4 is 34.7 Å². The van der Waals surface area contributed by atoms with Crippen LogP contribution in [0.5, 0.6) is 0 Å². The Kier molecular flexibility index (Phi) is 4.91. The van der Waals surface area contributed by atoms with Gasteiger partial charge in [0, 0.05) is 22.3 Å². The average Bonchev–Trinajstić information content (AvgIpc) is 2.47. The number of nitrogens with one attached hydrogen (secondary N) is 1. The molecule has 6 heteroatoms. The number of hydrogen-bond acceptors (Lipinski definition) is 3. The van der Waals surface area contributed by atoms with Gasteiger partial charge < -0.3 is 10.4 Å². The summed E-state index contributed by atoms with van der Waals surface area (Å²) in [6.07, 6.45) is 0.771. The molecular formula is C16H11ClFNO3. The van der Waals surface area contributed by atoms with Crippen molar-refractivity contribution in [3.63, 3.8) is 0 Å². The molecule has 0 aliphatic rings. The second-order valence-corrected chi connectivity index (χ2v) is 4.80. The van der Waals surface area contributed by atoms with Crippen LogP contribution in [0.1, 0.15) is 5.56 Å². The molecule has 2 rings (SSSR count). The molecule has 2 N–H and O–H groups in total. The van der Waals surface area contributed by atoms with Crippen LogP contribution >= 0.6 is 11.6 Å². The lowest BCUT2D eigenvalue weighted by Crippen LogP contribution is -2.21. The molecule has 112 valence electrons. The van der Waals surface area contributed by atoms with Gasteiger partial charge in [0.1, 0.15) is 11.6 Å². The predicted molar refractivity (Wildman–Crippen MR) is 82.1 cm³/mol. The molecule has 0 bridgehead atoms. The van der Waals surface area contributed by atoms with Crippen LogP contribution in [0, 0.1) is 5.82 Å². The van der Waals surface area contributed by atoms with Crippen molar-refractivity contribution < 1.29 is 19.1 Å². The van der Waals surface area contributed by atoms with Gasteiger partial charge in [-0.05, 0) is 42.5 Å². The number of carbonyl (C=O) groups is 2. The number of aliphatic hydroxyl groups is 1. The van der Waals surface area contributed by atoms with E-state index in [0.717, 1.165) is 18.2 Å². The van der Waals surface area contributed by atoms with Gasteiger partial charge in [-0.3, -0.25) is 9.59 Å². The first kappa shape index (κ1) is 15.7. The highest BCUT2D eigenvalue weighted by atomic mass is 35.5. The standard InChI is InChI=1S/C16H11ClFNO3/c17-11-2-1-3-13(8-11)19-16(22)15(21)9-14(20)10-4-6-12(18)7-5-10/h1-9,20H,(H,19,22). The summed E-state index contributed by atoms with van der Waals surface area (Å²) in [6.45, 7) is 0. The summed E-state index contributed by atoms with van der Waals surface area (Å²) in [4.78, 5) is 23.5. The number of carbonyl (C=O) groups excluding carboxylic acids is 2. The smallest absolute Gasteiger partial charge is 0.296 e. The number of rotatable bonds is 4. The fourth-order valence-electron chi connectivity index (χ4n) is 1.65. The van der Waals surface area contributed by atoms with Gasteiger partial charge in [-0.15, -0.1) is 0 Å². The van der Waals surface area contributed by atoms with Crippen molar-refractivity contribution in [2.75, 3.05) is 5.32 Å². The van der Waals surface area contributed by atoms with E-state index in [1.54, 1.807) is 18.2 Å². The summed E-state index contributed by atoms with van der Waals surface area (Å²) in [7, 11) is 0. The summed E-state index contributed by atoms with van der Waals surface area (Å²) in [5, 5.41) is 12.5. The summed E-state index contributed by atoms with van der Waals surface area (Å²) < 4.78 is 12.8. The van der Waals surface area contributed by atoms with E-state index in [1.165, 1.54) is 18.2 Å². The van der Waals surface area contributed by atoms with Gasteiger partial charge in [-0.2, -0.15) is 0 Å². The molecule has 2 aromatic rings. The van der Waals surface area contributed by atoms with E-state index < -0.39 is 23.3 Å². The lowest BCUT2D eigenvalue weighted by molar-refractivity contribution is -0.131. The Bertz CT molecular complexity index is 741. The number of amides is 1. The van der Waals surface area contributed by atoms with E-state index in [-0.39, 0.29) is 5.56 Å². The molecule has 0 fully saturated rings. The Hall–Kier alpha value is -2.66. The molecule has 4 nitrogen and oxygen atoms in total. The van der Waals surface area contributed by atoms with Crippen molar-refractivity contribution in [3.05, 3.63) is 71.0 Å². The van der Waals surface area contributed by atoms with Gasteiger partial charge in [0.05, 0.1) is 0 Å². The first-order valence-corrected chi connectivity index (χ1v) is 6.61. The summed E-state index contributed by atoms with van der Waals surface area (Å²) in [5.74, 6) is -2.76. The Labute approximate surface area is 130 Å². The molecule has 0 radical (unpaired) electrons. The Balaban J connectivity index is 2.08. The third kappa shape index (κ3) is 4.17. The van der Waals surface area contributed by atoms with E-state index in [1.807, 2.05) is 0 Å². The normalized spacial score (nSPS) is 11.1. The molecule has 22 heavy (non-hydrogen) atoms. The lowest BCUT2D eigenvalue weighted by atomic mass is 10.1. The third-order valence-electron chi connectivity index (χ3n) is 2.71. The molecule has 0 aliphatic heterocycles. The fraction of sp³-hybridized carbons (Fsp3) is 0. The minimum absolute atomic E-state index is 0.227. The molecule has 0 atom stereocenters. The average molecular weight is 320 g/mol. The SMILES string of the molecule is O=C(C=C(O)c1ccc(F)cc1)C(=O)Nc1cccc(Cl)c1. The molecule has 0 spiro atoms. The van der Waals surface area contributed by atoms with Crippen molar-refractivity contribution in [1.82, 2.24) is 0 Å². The number of aliphatic hydroxyl groups excluding tert-OH is 1. The Morgan fingerprint density at radius 2 is 1.82 bits per heavy atom. The van der Waals surface area contributed by atoms with Gasteiger partial charge in [0.2, 0.25) is 5.78 Å². The zero-order valence-corrected chi connectivity index (χ0v) is 12.0. The fourth-order valence-corrected chi connectivity index (χ4v) is 1.84. The maximum atomic E-state index is 12.8. The van der Waals surface area contributed by atoms with Crippen LogP contribution in [0.3, 0.4) is 0 Å². The molecule has 1 amide bonds. The van der Waals surface area contributed by atoms with Crippen LogP contribution in [0.4, 0.5) is 10.1 Å². The van der Waals surface area contributed by atoms with E-state index >= 15 is 0 Å². The molecule has 0 saturated heterocycles. The zero-order chi connectivity index (χ0) is 16.1. The van der Waals surface area contributed by atoms with Crippen LogP contribution < -0.4 is 5.32 Å². The lowest BCUT2D eigenvalue weighted by Gasteiger charge is -2.03. The molecule has 0 aliphatic carbocycles. The van der Waals surface area contributed by atoms with Gasteiger partial charge in [0.25, 0.3) is 5.91 Å². The maximum absolute atomic E-state index is 12.8. The molecule has 0 saturated carbocycles. The quantitative estimate of drug-likeness (QED) is 0.514. The van der Waals surface area contributed by atoms with Crippen molar-refractivity contribution in [2.24, 2.45) is 0 Å². The monoisotopic (exact) mass is 319 g/mol. The van der Waals surface area contributed by atoms with Crippen LogP contribution in [-0.2, 0) is 9.59 Å². The summed E-state index contributed by atoms with van der Waals surface area (Å²) in [5.41, 5.74) is 0.589. The summed E-state index contributed by atoms with van der Waals surface area (Å²) >= 11 is 5.77. The second-order valence-electron chi connectivity index (χ2n) is 4.37. The molecule has 0 heterocycles. The second kappa shape index (κ2) is 6.87. The van der Waals surface area contributed by atoms with E-state index in [0.29, 0.717) is 10.7 Å². The van der Waals surface area contributed by atoms with Crippen LogP contribution in [0.15, 0.2) is 54.6 Å². The maximum Gasteiger partial charge on any atom is 0.296 e. The first-order valence-electron chi connectivity index (χ1n) is 6.23. The van der Waals surface area contributed by atoms with Gasteiger partial charge in [-0.25, -0.2) is 4.39 Å². The highest BCUT2D eigenvalue weighted by Crippen LogP contribution is 2.15. The zero-order valence-electron chi connectivity index (χ0n) is 11.2. The number of anilines is 1. The van der Waals surface area contributed by atoms with Crippen LogP contribution in [0.25, 0.3) is 5.76 Å². The minimum Gasteiger partial charge on any atom is -0.507 e. The number of benzene rings is 2. The topological polar surface area (TPSA) is 66.4 Å². The highest BCUT2D eigenvalue weighted by molar-refractivity contribution is 6.45. The number of halogens is 2. The predicted octanol–water partition coefficient (Wildman–Crippen LogP) is 3.59. The molecule has 2 aromatic carbocycles. The van der Waals surface area contributed by atoms with E-state index in [2.05, 4.69) is 5.32 Å². The van der Waals surface area contributed by atoms with Crippen molar-refractivity contribution in [1.29, 1.82) is 0 Å².